The van der Waals surface area contributed by atoms with Crippen LogP contribution in [-0.2, 0) is 23.1 Å². The quantitative estimate of drug-likeness (QED) is 0.533. The number of fused-ring (bicyclic) bond motifs is 3. The Morgan fingerprint density at radius 2 is 1.65 bits per heavy atom. The summed E-state index contributed by atoms with van der Waals surface area (Å²) in [6, 6.07) is 23.6. The highest BCUT2D eigenvalue weighted by Gasteiger charge is 2.41. The van der Waals surface area contributed by atoms with Gasteiger partial charge in [-0.25, -0.2) is 8.42 Å². The van der Waals surface area contributed by atoms with E-state index in [2.05, 4.69) is 47.4 Å². The first-order valence-electron chi connectivity index (χ1n) is 11.6. The van der Waals surface area contributed by atoms with E-state index < -0.39 is 10.0 Å². The van der Waals surface area contributed by atoms with Gasteiger partial charge in [-0.15, -0.1) is 0 Å². The minimum Gasteiger partial charge on any atom is -0.497 e. The molecule has 0 aromatic heterocycles. The predicted molar refractivity (Wildman–Crippen MR) is 132 cm³/mol. The van der Waals surface area contributed by atoms with Crippen molar-refractivity contribution in [3.8, 4) is 11.5 Å². The summed E-state index contributed by atoms with van der Waals surface area (Å²) in [6.07, 6.45) is 0. The average molecular weight is 479 g/mol. The van der Waals surface area contributed by atoms with E-state index in [0.29, 0.717) is 30.5 Å². The lowest BCUT2D eigenvalue weighted by Gasteiger charge is -2.25. The van der Waals surface area contributed by atoms with E-state index in [-0.39, 0.29) is 10.8 Å². The molecule has 0 unspecified atom stereocenters. The van der Waals surface area contributed by atoms with Gasteiger partial charge in [-0.05, 0) is 34.7 Å². The Kier molecular flexibility index (Phi) is 6.34. The number of rotatable bonds is 6. The lowest BCUT2D eigenvalue weighted by molar-refractivity contribution is 0.292. The molecule has 3 aromatic rings. The molecule has 0 bridgehead atoms. The zero-order valence-corrected chi connectivity index (χ0v) is 20.4. The summed E-state index contributed by atoms with van der Waals surface area (Å²) in [5, 5.41) is 0. The van der Waals surface area contributed by atoms with Crippen molar-refractivity contribution >= 4 is 10.0 Å². The van der Waals surface area contributed by atoms with E-state index in [1.165, 1.54) is 25.3 Å². The maximum atomic E-state index is 13.9. The summed E-state index contributed by atoms with van der Waals surface area (Å²) >= 11 is 0. The Labute approximate surface area is 201 Å². The average Bonchev–Trinajstić information content (AvgIpc) is 3.18. The van der Waals surface area contributed by atoms with E-state index >= 15 is 0 Å². The van der Waals surface area contributed by atoms with Gasteiger partial charge in [0.05, 0.1) is 14.2 Å². The highest BCUT2D eigenvalue weighted by Crippen LogP contribution is 2.41. The topological polar surface area (TPSA) is 59.1 Å². The summed E-state index contributed by atoms with van der Waals surface area (Å²) in [7, 11) is -0.783. The van der Waals surface area contributed by atoms with Crippen LogP contribution in [0.25, 0.3) is 0 Å². The molecule has 0 radical (unpaired) electrons. The highest BCUT2D eigenvalue weighted by atomic mass is 32.2. The number of hydrogen-bond acceptors (Lipinski definition) is 5. The fourth-order valence-corrected chi connectivity index (χ4v) is 6.98. The molecular weight excluding hydrogens is 448 g/mol. The van der Waals surface area contributed by atoms with Gasteiger partial charge in [-0.1, -0.05) is 54.6 Å². The first-order chi connectivity index (χ1) is 16.5. The molecule has 0 saturated carbocycles. The van der Waals surface area contributed by atoms with E-state index in [1.54, 1.807) is 22.5 Å². The van der Waals surface area contributed by atoms with Gasteiger partial charge in [-0.2, -0.15) is 4.31 Å². The monoisotopic (exact) mass is 478 g/mol. The number of nitrogens with zero attached hydrogens (tertiary/aromatic N) is 2. The fraction of sp³-hybridized carbons (Fsp3) is 0.333. The molecule has 0 aliphatic carbocycles. The summed E-state index contributed by atoms with van der Waals surface area (Å²) in [4.78, 5) is 2.59. The largest absolute Gasteiger partial charge is 0.497 e. The zero-order valence-electron chi connectivity index (χ0n) is 19.6. The van der Waals surface area contributed by atoms with Gasteiger partial charge in [0.1, 0.15) is 16.4 Å². The highest BCUT2D eigenvalue weighted by molar-refractivity contribution is 7.89. The number of methoxy groups -OCH3 is 2. The van der Waals surface area contributed by atoms with Crippen molar-refractivity contribution in [1.29, 1.82) is 0 Å². The SMILES string of the molecule is COc1ccc(OC)c(S(=O)(=O)N2Cc3ccccc3[C@@H]3CN(Cc4ccccc4)C[C@H]3C2)c1. The van der Waals surface area contributed by atoms with Crippen LogP contribution in [0.5, 0.6) is 11.5 Å². The fourth-order valence-electron chi connectivity index (χ4n) is 5.33. The molecule has 2 aliphatic heterocycles. The van der Waals surface area contributed by atoms with Crippen LogP contribution < -0.4 is 9.47 Å². The Morgan fingerprint density at radius 3 is 2.41 bits per heavy atom. The van der Waals surface area contributed by atoms with Crippen LogP contribution in [0.1, 0.15) is 22.6 Å². The minimum atomic E-state index is -3.81. The molecule has 5 rings (SSSR count). The Bertz CT molecular complexity index is 1260. The third-order valence-electron chi connectivity index (χ3n) is 6.99. The van der Waals surface area contributed by atoms with Crippen molar-refractivity contribution in [3.63, 3.8) is 0 Å². The second-order valence-corrected chi connectivity index (χ2v) is 11.0. The molecule has 34 heavy (non-hydrogen) atoms. The maximum Gasteiger partial charge on any atom is 0.247 e. The second-order valence-electron chi connectivity index (χ2n) is 9.06. The number of benzene rings is 3. The molecular formula is C27H30N2O4S. The van der Waals surface area contributed by atoms with Crippen LogP contribution in [-0.4, -0.2) is 51.5 Å². The van der Waals surface area contributed by atoms with Crippen LogP contribution in [0.15, 0.2) is 77.7 Å². The summed E-state index contributed by atoms with van der Waals surface area (Å²) in [5.74, 6) is 1.32. The smallest absolute Gasteiger partial charge is 0.247 e. The van der Waals surface area contributed by atoms with E-state index in [4.69, 9.17) is 9.47 Å². The van der Waals surface area contributed by atoms with E-state index in [1.807, 2.05) is 12.1 Å². The molecule has 2 heterocycles. The number of hydrogen-bond donors (Lipinski definition) is 0. The van der Waals surface area contributed by atoms with Gasteiger partial charge in [0.15, 0.2) is 0 Å². The number of likely N-dealkylation sites (tertiary alicyclic amines) is 1. The molecule has 7 heteroatoms. The van der Waals surface area contributed by atoms with Gasteiger partial charge in [0.2, 0.25) is 10.0 Å². The van der Waals surface area contributed by atoms with Crippen molar-refractivity contribution in [2.75, 3.05) is 33.9 Å². The van der Waals surface area contributed by atoms with Gasteiger partial charge in [-0.3, -0.25) is 4.90 Å². The minimum absolute atomic E-state index is 0.143. The van der Waals surface area contributed by atoms with Gasteiger partial charge in [0.25, 0.3) is 0 Å². The molecule has 178 valence electrons. The van der Waals surface area contributed by atoms with Crippen molar-refractivity contribution < 1.29 is 17.9 Å². The normalized spacial score (nSPS) is 20.9. The van der Waals surface area contributed by atoms with Crippen molar-refractivity contribution in [2.45, 2.75) is 23.9 Å². The van der Waals surface area contributed by atoms with Crippen LogP contribution in [0, 0.1) is 5.92 Å². The van der Waals surface area contributed by atoms with Crippen molar-refractivity contribution in [3.05, 3.63) is 89.5 Å². The first-order valence-corrected chi connectivity index (χ1v) is 13.0. The van der Waals surface area contributed by atoms with Crippen LogP contribution in [0.2, 0.25) is 0 Å². The summed E-state index contributed by atoms with van der Waals surface area (Å²) < 4.78 is 40.2. The molecule has 0 N–H and O–H groups in total. The summed E-state index contributed by atoms with van der Waals surface area (Å²) in [5.41, 5.74) is 3.61. The zero-order chi connectivity index (χ0) is 23.7. The van der Waals surface area contributed by atoms with E-state index in [9.17, 15) is 8.42 Å². The molecule has 1 saturated heterocycles. The standard InChI is InChI=1S/C27H30N2O4S/c1-32-23-12-13-26(33-2)27(14-23)34(30,31)29-17-21-10-6-7-11-24(21)25-19-28(16-22(25)18-29)15-20-8-4-3-5-9-20/h3-14,22,25H,15-19H2,1-2H3/t22-,25+/m0/s1. The molecule has 0 amide bonds. The number of sulfonamides is 1. The van der Waals surface area contributed by atoms with E-state index in [0.717, 1.165) is 25.2 Å². The van der Waals surface area contributed by atoms with Crippen molar-refractivity contribution in [1.82, 2.24) is 9.21 Å². The molecule has 0 spiro atoms. The lowest BCUT2D eigenvalue weighted by Crippen LogP contribution is -2.35. The molecule has 6 nitrogen and oxygen atoms in total. The third kappa shape index (κ3) is 4.31. The van der Waals surface area contributed by atoms with Crippen molar-refractivity contribution in [2.24, 2.45) is 5.92 Å². The maximum absolute atomic E-state index is 13.9. The number of ether oxygens (including phenoxy) is 2. The van der Waals surface area contributed by atoms with Crippen LogP contribution in [0.3, 0.4) is 0 Å². The van der Waals surface area contributed by atoms with Crippen LogP contribution in [0.4, 0.5) is 0 Å². The second kappa shape index (κ2) is 9.41. The predicted octanol–water partition coefficient (Wildman–Crippen LogP) is 4.12. The van der Waals surface area contributed by atoms with Gasteiger partial charge >= 0.3 is 0 Å². The Hall–Kier alpha value is -2.87. The molecule has 3 aromatic carbocycles. The molecule has 2 aliphatic rings. The molecule has 1 fully saturated rings. The van der Waals surface area contributed by atoms with Crippen LogP contribution >= 0.6 is 0 Å². The van der Waals surface area contributed by atoms with Gasteiger partial charge < -0.3 is 9.47 Å². The first kappa shape index (κ1) is 22.9. The summed E-state index contributed by atoms with van der Waals surface area (Å²) in [6.45, 7) is 3.46. The molecule has 2 atom stereocenters. The Balaban J connectivity index is 1.49. The third-order valence-corrected chi connectivity index (χ3v) is 8.83. The Morgan fingerprint density at radius 1 is 0.882 bits per heavy atom. The lowest BCUT2D eigenvalue weighted by atomic mass is 9.87. The van der Waals surface area contributed by atoms with Gasteiger partial charge in [0, 0.05) is 44.7 Å².